The number of halogens is 2. The van der Waals surface area contributed by atoms with Crippen LogP contribution < -0.4 is 10.6 Å². The number of hydrogen-bond acceptors (Lipinski definition) is 3. The van der Waals surface area contributed by atoms with Gasteiger partial charge < -0.3 is 15.7 Å². The van der Waals surface area contributed by atoms with Gasteiger partial charge >= 0.3 is 0 Å². The molecular weight excluding hydrogens is 518 g/mol. The summed E-state index contributed by atoms with van der Waals surface area (Å²) in [5.74, 6) is -1.78. The number of benzene rings is 4. The summed E-state index contributed by atoms with van der Waals surface area (Å²) in [4.78, 5) is 12.9. The Kier molecular flexibility index (Phi) is 10.0. The highest BCUT2D eigenvalue weighted by Gasteiger charge is 2.23. The first-order chi connectivity index (χ1) is 19.6. The summed E-state index contributed by atoms with van der Waals surface area (Å²) >= 11 is 0. The molecule has 4 nitrogen and oxygen atoms in total. The minimum Gasteiger partial charge on any atom is -0.390 e. The Hall–Kier alpha value is -3.87. The average molecular weight is 557 g/mol. The first-order valence-electron chi connectivity index (χ1n) is 13.9. The number of hydrogen-bond donors (Lipinski definition) is 3. The molecule has 4 aromatic carbocycles. The minimum absolute atomic E-state index is 0.0619. The zero-order valence-corrected chi connectivity index (χ0v) is 23.8. The summed E-state index contributed by atoms with van der Waals surface area (Å²) in [6.07, 6.45) is -0.0334. The number of nitrogens with one attached hydrogen (secondary N) is 2. The van der Waals surface area contributed by atoms with Gasteiger partial charge in [0.2, 0.25) is 0 Å². The lowest BCUT2D eigenvalue weighted by molar-refractivity contribution is 0.0830. The van der Waals surface area contributed by atoms with Gasteiger partial charge in [-0.15, -0.1) is 0 Å². The van der Waals surface area contributed by atoms with E-state index in [0.717, 1.165) is 29.2 Å². The summed E-state index contributed by atoms with van der Waals surface area (Å²) in [7, 11) is 0. The normalized spacial score (nSPS) is 13.0. The molecule has 1 amide bonds. The summed E-state index contributed by atoms with van der Waals surface area (Å²) < 4.78 is 27.8. The van der Waals surface area contributed by atoms with Crippen LogP contribution in [0.4, 0.5) is 8.78 Å². The third kappa shape index (κ3) is 9.07. The maximum atomic E-state index is 13.9. The van der Waals surface area contributed by atoms with E-state index >= 15 is 0 Å². The quantitative estimate of drug-likeness (QED) is 0.192. The number of aliphatic hydroxyl groups is 1. The highest BCUT2D eigenvalue weighted by atomic mass is 19.1. The highest BCUT2D eigenvalue weighted by Crippen LogP contribution is 2.28. The molecule has 214 valence electrons. The molecule has 4 rings (SSSR count). The van der Waals surface area contributed by atoms with Crippen LogP contribution >= 0.6 is 0 Å². The molecule has 0 aromatic heterocycles. The van der Waals surface area contributed by atoms with Gasteiger partial charge in [-0.05, 0) is 70.3 Å². The Morgan fingerprint density at radius 1 is 0.829 bits per heavy atom. The van der Waals surface area contributed by atoms with Crippen LogP contribution in [0.1, 0.15) is 47.8 Å². The Morgan fingerprint density at radius 2 is 1.46 bits per heavy atom. The fraction of sp³-hybridized carbons (Fsp3) is 0.286. The van der Waals surface area contributed by atoms with Crippen LogP contribution in [0.25, 0.3) is 11.1 Å². The van der Waals surface area contributed by atoms with Gasteiger partial charge in [-0.25, -0.2) is 8.78 Å². The molecule has 0 saturated heterocycles. The summed E-state index contributed by atoms with van der Waals surface area (Å²) in [5, 5.41) is 17.4. The Morgan fingerprint density at radius 3 is 2.10 bits per heavy atom. The van der Waals surface area contributed by atoms with Gasteiger partial charge in [0, 0.05) is 24.7 Å². The molecule has 6 heteroatoms. The third-order valence-corrected chi connectivity index (χ3v) is 6.85. The average Bonchev–Trinajstić information content (AvgIpc) is 2.92. The molecule has 0 fully saturated rings. The molecule has 4 aromatic rings. The SMILES string of the molecule is CC(C)(C)Cc1ccc(-c2ccccc2)c(CNC[C@@H](O)[C@@H](Cc2cc(F)cc(F)c2)NC(=O)c2ccccc2)c1. The summed E-state index contributed by atoms with van der Waals surface area (Å²) in [6.45, 7) is 7.28. The Bertz CT molecular complexity index is 1420. The summed E-state index contributed by atoms with van der Waals surface area (Å²) in [6, 6.07) is 27.8. The predicted octanol–water partition coefficient (Wildman–Crippen LogP) is 6.71. The van der Waals surface area contributed by atoms with Gasteiger partial charge in [-0.2, -0.15) is 0 Å². The highest BCUT2D eigenvalue weighted by molar-refractivity contribution is 5.94. The van der Waals surface area contributed by atoms with E-state index < -0.39 is 23.8 Å². The molecular formula is C35H38F2N2O2. The van der Waals surface area contributed by atoms with Crippen molar-refractivity contribution in [3.8, 4) is 11.1 Å². The van der Waals surface area contributed by atoms with Gasteiger partial charge in [0.15, 0.2) is 0 Å². The lowest BCUT2D eigenvalue weighted by Crippen LogP contribution is -2.48. The van der Waals surface area contributed by atoms with E-state index in [1.807, 2.05) is 24.3 Å². The van der Waals surface area contributed by atoms with Crippen molar-refractivity contribution in [2.24, 2.45) is 5.41 Å². The standard InChI is InChI=1S/C35H38F2N2O2/c1-35(2,3)21-24-14-15-31(26-10-6-4-7-11-26)28(16-24)22-38-23-33(40)32(19-25-17-29(36)20-30(37)18-25)39-34(41)27-12-8-5-9-13-27/h4-18,20,32-33,38,40H,19,21-23H2,1-3H3,(H,39,41)/t32-,33-/m1/s1. The zero-order chi connectivity index (χ0) is 29.4. The van der Waals surface area contributed by atoms with Crippen molar-refractivity contribution in [1.29, 1.82) is 0 Å². The van der Waals surface area contributed by atoms with Crippen LogP contribution in [-0.2, 0) is 19.4 Å². The Labute approximate surface area is 241 Å². The van der Waals surface area contributed by atoms with Gasteiger partial charge in [0.05, 0.1) is 12.1 Å². The van der Waals surface area contributed by atoms with Crippen molar-refractivity contribution in [2.75, 3.05) is 6.54 Å². The van der Waals surface area contributed by atoms with Crippen LogP contribution in [0.5, 0.6) is 0 Å². The number of amides is 1. The van der Waals surface area contributed by atoms with Gasteiger partial charge in [-0.3, -0.25) is 4.79 Å². The fourth-order valence-electron chi connectivity index (χ4n) is 5.02. The van der Waals surface area contributed by atoms with Crippen molar-refractivity contribution in [3.05, 3.63) is 131 Å². The fourth-order valence-corrected chi connectivity index (χ4v) is 5.02. The molecule has 41 heavy (non-hydrogen) atoms. The van der Waals surface area contributed by atoms with E-state index in [4.69, 9.17) is 0 Å². The van der Waals surface area contributed by atoms with Crippen LogP contribution in [0.15, 0.2) is 97.1 Å². The second-order valence-corrected chi connectivity index (χ2v) is 11.7. The van der Waals surface area contributed by atoms with Crippen LogP contribution in [0.3, 0.4) is 0 Å². The molecule has 3 N–H and O–H groups in total. The van der Waals surface area contributed by atoms with E-state index in [2.05, 4.69) is 61.7 Å². The largest absolute Gasteiger partial charge is 0.390 e. The van der Waals surface area contributed by atoms with Crippen LogP contribution in [0.2, 0.25) is 0 Å². The molecule has 0 unspecified atom stereocenters. The first kappa shape index (κ1) is 30.1. The van der Waals surface area contributed by atoms with E-state index in [1.54, 1.807) is 24.3 Å². The maximum Gasteiger partial charge on any atom is 0.251 e. The van der Waals surface area contributed by atoms with Crippen molar-refractivity contribution in [2.45, 2.75) is 52.3 Å². The van der Waals surface area contributed by atoms with Crippen LogP contribution in [-0.4, -0.2) is 29.7 Å². The van der Waals surface area contributed by atoms with E-state index in [1.165, 1.54) is 17.7 Å². The third-order valence-electron chi connectivity index (χ3n) is 6.85. The predicted molar refractivity (Wildman–Crippen MR) is 161 cm³/mol. The molecule has 0 aliphatic rings. The maximum absolute atomic E-state index is 13.9. The molecule has 0 aliphatic heterocycles. The lowest BCUT2D eigenvalue weighted by Gasteiger charge is -2.25. The zero-order valence-electron chi connectivity index (χ0n) is 23.8. The minimum atomic E-state index is -1.02. The second-order valence-electron chi connectivity index (χ2n) is 11.7. The number of carbonyl (C=O) groups is 1. The van der Waals surface area contributed by atoms with Crippen molar-refractivity contribution in [1.82, 2.24) is 10.6 Å². The number of carbonyl (C=O) groups excluding carboxylic acids is 1. The molecule has 0 bridgehead atoms. The molecule has 0 radical (unpaired) electrons. The van der Waals surface area contributed by atoms with Crippen molar-refractivity contribution < 1.29 is 18.7 Å². The number of aliphatic hydroxyl groups excluding tert-OH is 1. The van der Waals surface area contributed by atoms with E-state index in [9.17, 15) is 18.7 Å². The lowest BCUT2D eigenvalue weighted by atomic mass is 9.86. The van der Waals surface area contributed by atoms with E-state index in [-0.39, 0.29) is 24.3 Å². The summed E-state index contributed by atoms with van der Waals surface area (Å²) in [5.41, 5.74) is 5.46. The molecule has 0 heterocycles. The van der Waals surface area contributed by atoms with Gasteiger partial charge in [-0.1, -0.05) is 87.5 Å². The second kappa shape index (κ2) is 13.7. The van der Waals surface area contributed by atoms with Gasteiger partial charge in [0.1, 0.15) is 11.6 Å². The first-order valence-corrected chi connectivity index (χ1v) is 13.9. The number of rotatable bonds is 11. The smallest absolute Gasteiger partial charge is 0.251 e. The molecule has 2 atom stereocenters. The molecule has 0 aliphatic carbocycles. The topological polar surface area (TPSA) is 61.4 Å². The molecule has 0 saturated carbocycles. The monoisotopic (exact) mass is 556 g/mol. The van der Waals surface area contributed by atoms with E-state index in [0.29, 0.717) is 17.7 Å². The van der Waals surface area contributed by atoms with Gasteiger partial charge in [0.25, 0.3) is 5.91 Å². The van der Waals surface area contributed by atoms with Crippen LogP contribution in [0, 0.1) is 17.0 Å². The molecule has 0 spiro atoms. The Balaban J connectivity index is 1.52. The van der Waals surface area contributed by atoms with Crippen molar-refractivity contribution >= 4 is 5.91 Å². The van der Waals surface area contributed by atoms with Crippen molar-refractivity contribution in [3.63, 3.8) is 0 Å².